The predicted molar refractivity (Wildman–Crippen MR) is 113 cm³/mol. The maximum absolute atomic E-state index is 6.46. The number of allylic oxidation sites excluding steroid dienone is 6. The number of fused-ring (bicyclic) bond motifs is 3. The minimum Gasteiger partial charge on any atom is -0.366 e. The maximum atomic E-state index is 6.46. The van der Waals surface area contributed by atoms with Crippen LogP contribution in [0.4, 0.5) is 0 Å². The van der Waals surface area contributed by atoms with E-state index < -0.39 is 0 Å². The number of ether oxygens (including phenoxy) is 1. The van der Waals surface area contributed by atoms with Gasteiger partial charge in [0.15, 0.2) is 0 Å². The molecular weight excluding hydrogens is 328 g/mol. The number of aryl methyl sites for hydroxylation is 1. The van der Waals surface area contributed by atoms with Gasteiger partial charge >= 0.3 is 0 Å². The van der Waals surface area contributed by atoms with Crippen LogP contribution in [0, 0.1) is 6.92 Å². The Balaban J connectivity index is 1.80. The molecule has 0 spiro atoms. The van der Waals surface area contributed by atoms with Crippen molar-refractivity contribution < 1.29 is 4.74 Å². The van der Waals surface area contributed by atoms with Gasteiger partial charge in [-0.2, -0.15) is 0 Å². The van der Waals surface area contributed by atoms with Crippen molar-refractivity contribution in [3.05, 3.63) is 108 Å². The van der Waals surface area contributed by atoms with E-state index in [1.54, 1.807) is 0 Å². The molecule has 2 unspecified atom stereocenters. The Morgan fingerprint density at radius 1 is 1.11 bits per heavy atom. The lowest BCUT2D eigenvalue weighted by Gasteiger charge is -2.33. The average molecular weight is 352 g/mol. The van der Waals surface area contributed by atoms with Crippen molar-refractivity contribution in [2.75, 3.05) is 6.61 Å². The Morgan fingerprint density at radius 3 is 2.89 bits per heavy atom. The lowest BCUT2D eigenvalue weighted by atomic mass is 9.74. The van der Waals surface area contributed by atoms with Crippen LogP contribution in [0.2, 0.25) is 0 Å². The summed E-state index contributed by atoms with van der Waals surface area (Å²) in [7, 11) is 0. The SMILES string of the molecule is C=CCOC12C=CC3=C(CC=CC=C3)C1(c1c(C)ccc3ccccc13)C2. The number of rotatable bonds is 4. The molecular formula is C26H24O. The summed E-state index contributed by atoms with van der Waals surface area (Å²) in [6.45, 7) is 6.69. The summed E-state index contributed by atoms with van der Waals surface area (Å²) >= 11 is 0. The molecule has 1 saturated carbocycles. The highest BCUT2D eigenvalue weighted by Gasteiger charge is 2.71. The molecule has 0 aliphatic heterocycles. The van der Waals surface area contributed by atoms with Crippen molar-refractivity contribution in [3.8, 4) is 0 Å². The fourth-order valence-electron chi connectivity index (χ4n) is 5.18. The molecule has 3 aliphatic carbocycles. The summed E-state index contributed by atoms with van der Waals surface area (Å²) in [6, 6.07) is 13.3. The molecule has 27 heavy (non-hydrogen) atoms. The van der Waals surface area contributed by atoms with E-state index in [2.05, 4.69) is 86.4 Å². The molecule has 2 atom stereocenters. The van der Waals surface area contributed by atoms with Crippen LogP contribution in [0.25, 0.3) is 10.8 Å². The largest absolute Gasteiger partial charge is 0.366 e. The molecule has 2 aromatic carbocycles. The van der Waals surface area contributed by atoms with Crippen molar-refractivity contribution in [1.82, 2.24) is 0 Å². The third-order valence-corrected chi connectivity index (χ3v) is 6.39. The van der Waals surface area contributed by atoms with E-state index >= 15 is 0 Å². The highest BCUT2D eigenvalue weighted by Crippen LogP contribution is 2.69. The van der Waals surface area contributed by atoms with E-state index in [1.807, 2.05) is 6.08 Å². The first-order chi connectivity index (χ1) is 13.2. The van der Waals surface area contributed by atoms with Gasteiger partial charge in [0.1, 0.15) is 5.60 Å². The van der Waals surface area contributed by atoms with E-state index in [0.717, 1.165) is 12.8 Å². The highest BCUT2D eigenvalue weighted by molar-refractivity contribution is 5.90. The van der Waals surface area contributed by atoms with Crippen LogP contribution in [0.1, 0.15) is 24.0 Å². The molecule has 2 aromatic rings. The predicted octanol–water partition coefficient (Wildman–Crippen LogP) is 6.11. The molecule has 0 bridgehead atoms. The zero-order chi connectivity index (χ0) is 18.5. The summed E-state index contributed by atoms with van der Waals surface area (Å²) < 4.78 is 6.46. The van der Waals surface area contributed by atoms with E-state index in [9.17, 15) is 0 Å². The summed E-state index contributed by atoms with van der Waals surface area (Å²) in [5.41, 5.74) is 5.24. The summed E-state index contributed by atoms with van der Waals surface area (Å²) in [6.07, 6.45) is 17.2. The monoisotopic (exact) mass is 352 g/mol. The van der Waals surface area contributed by atoms with Crippen molar-refractivity contribution in [1.29, 1.82) is 0 Å². The molecule has 3 aliphatic rings. The van der Waals surface area contributed by atoms with Crippen LogP contribution in [0.15, 0.2) is 96.7 Å². The first-order valence-electron chi connectivity index (χ1n) is 9.72. The zero-order valence-electron chi connectivity index (χ0n) is 15.7. The molecule has 0 heterocycles. The molecule has 0 saturated heterocycles. The van der Waals surface area contributed by atoms with Gasteiger partial charge in [0.25, 0.3) is 0 Å². The van der Waals surface area contributed by atoms with Gasteiger partial charge in [-0.15, -0.1) is 6.58 Å². The lowest BCUT2D eigenvalue weighted by molar-refractivity contribution is 0.0736. The third kappa shape index (κ3) is 2.22. The van der Waals surface area contributed by atoms with Gasteiger partial charge in [0.2, 0.25) is 0 Å². The second kappa shape index (κ2) is 5.94. The minimum absolute atomic E-state index is 0.0932. The molecule has 1 heteroatoms. The Bertz CT molecular complexity index is 1060. The van der Waals surface area contributed by atoms with Crippen LogP contribution in [-0.4, -0.2) is 12.2 Å². The fourth-order valence-corrected chi connectivity index (χ4v) is 5.18. The average Bonchev–Trinajstić information content (AvgIpc) is 3.41. The van der Waals surface area contributed by atoms with Crippen LogP contribution >= 0.6 is 0 Å². The fraction of sp³-hybridized carbons (Fsp3) is 0.231. The van der Waals surface area contributed by atoms with Crippen LogP contribution < -0.4 is 0 Å². The van der Waals surface area contributed by atoms with Gasteiger partial charge in [-0.05, 0) is 52.8 Å². The van der Waals surface area contributed by atoms with Crippen LogP contribution in [-0.2, 0) is 10.2 Å². The highest BCUT2D eigenvalue weighted by atomic mass is 16.5. The standard InChI is InChI=1S/C26H24O/c1-3-17-27-25-16-15-21-10-5-4-6-12-23(21)26(25,18-25)24-19(2)13-14-20-9-7-8-11-22(20)24/h3-11,13-16H,1,12,17-18H2,2H3. The van der Waals surface area contributed by atoms with E-state index in [1.165, 1.54) is 33.0 Å². The van der Waals surface area contributed by atoms with Crippen molar-refractivity contribution in [2.24, 2.45) is 0 Å². The minimum atomic E-state index is -0.263. The number of hydrogen-bond donors (Lipinski definition) is 0. The third-order valence-electron chi connectivity index (χ3n) is 6.39. The number of hydrogen-bond acceptors (Lipinski definition) is 1. The first-order valence-corrected chi connectivity index (χ1v) is 9.72. The van der Waals surface area contributed by atoms with Gasteiger partial charge < -0.3 is 4.74 Å². The Morgan fingerprint density at radius 2 is 2.00 bits per heavy atom. The van der Waals surface area contributed by atoms with Crippen LogP contribution in [0.5, 0.6) is 0 Å². The van der Waals surface area contributed by atoms with Crippen molar-refractivity contribution in [3.63, 3.8) is 0 Å². The molecule has 0 amide bonds. The van der Waals surface area contributed by atoms with Gasteiger partial charge in [0.05, 0.1) is 12.0 Å². The second-order valence-electron chi connectivity index (χ2n) is 7.81. The van der Waals surface area contributed by atoms with Crippen molar-refractivity contribution in [2.45, 2.75) is 30.8 Å². The summed E-state index contributed by atoms with van der Waals surface area (Å²) in [4.78, 5) is 0. The van der Waals surface area contributed by atoms with Gasteiger partial charge in [-0.1, -0.05) is 78.9 Å². The topological polar surface area (TPSA) is 9.23 Å². The summed E-state index contributed by atoms with van der Waals surface area (Å²) in [5, 5.41) is 2.65. The molecule has 134 valence electrons. The van der Waals surface area contributed by atoms with Gasteiger partial charge in [-0.25, -0.2) is 0 Å². The second-order valence-corrected chi connectivity index (χ2v) is 7.81. The van der Waals surface area contributed by atoms with E-state index in [0.29, 0.717) is 6.61 Å². The van der Waals surface area contributed by atoms with Gasteiger partial charge in [0, 0.05) is 0 Å². The smallest absolute Gasteiger partial charge is 0.102 e. The summed E-state index contributed by atoms with van der Waals surface area (Å²) in [5.74, 6) is 0. The maximum Gasteiger partial charge on any atom is 0.102 e. The van der Waals surface area contributed by atoms with Crippen molar-refractivity contribution >= 4 is 10.8 Å². The molecule has 1 nitrogen and oxygen atoms in total. The molecule has 0 radical (unpaired) electrons. The number of benzene rings is 2. The quantitative estimate of drug-likeness (QED) is 0.603. The molecule has 0 N–H and O–H groups in total. The zero-order valence-corrected chi connectivity index (χ0v) is 15.7. The molecule has 5 rings (SSSR count). The Kier molecular flexibility index (Phi) is 3.63. The first kappa shape index (κ1) is 16.5. The normalized spacial score (nSPS) is 28.0. The van der Waals surface area contributed by atoms with E-state index in [4.69, 9.17) is 4.74 Å². The molecule has 0 aromatic heterocycles. The lowest BCUT2D eigenvalue weighted by Crippen LogP contribution is -2.31. The molecule has 1 fully saturated rings. The Hall–Kier alpha value is -2.64. The van der Waals surface area contributed by atoms with Gasteiger partial charge in [-0.3, -0.25) is 0 Å². The Labute approximate surface area is 161 Å². The van der Waals surface area contributed by atoms with Crippen LogP contribution in [0.3, 0.4) is 0 Å². The van der Waals surface area contributed by atoms with E-state index in [-0.39, 0.29) is 11.0 Å².